The molecule has 0 spiro atoms. The Bertz CT molecular complexity index is 260. The van der Waals surface area contributed by atoms with Crippen LogP contribution in [0.5, 0.6) is 0 Å². The molecule has 7 heteroatoms. The Morgan fingerprint density at radius 1 is 1.13 bits per heavy atom. The van der Waals surface area contributed by atoms with E-state index in [1.807, 2.05) is 0 Å². The van der Waals surface area contributed by atoms with Gasteiger partial charge in [0.25, 0.3) is 0 Å². The van der Waals surface area contributed by atoms with E-state index in [2.05, 4.69) is 9.47 Å². The van der Waals surface area contributed by atoms with E-state index in [1.54, 1.807) is 0 Å². The molecule has 2 N–H and O–H groups in total. The van der Waals surface area contributed by atoms with Crippen LogP contribution in [-0.4, -0.2) is 48.4 Å². The van der Waals surface area contributed by atoms with Crippen LogP contribution in [0, 0.1) is 5.92 Å². The van der Waals surface area contributed by atoms with Crippen LogP contribution in [0.4, 0.5) is 0 Å². The molecule has 0 bridgehead atoms. The van der Waals surface area contributed by atoms with Crippen LogP contribution in [0.3, 0.4) is 0 Å². The van der Waals surface area contributed by atoms with Gasteiger partial charge in [-0.25, -0.2) is 4.79 Å². The van der Waals surface area contributed by atoms with Gasteiger partial charge in [-0.05, 0) is 0 Å². The van der Waals surface area contributed by atoms with Crippen molar-refractivity contribution < 1.29 is 34.1 Å². The molecule has 0 aliphatic carbocycles. The fourth-order valence-corrected chi connectivity index (χ4v) is 0.948. The smallest absolute Gasteiger partial charge is 0.335 e. The van der Waals surface area contributed by atoms with E-state index < -0.39 is 36.4 Å². The van der Waals surface area contributed by atoms with Gasteiger partial charge in [-0.2, -0.15) is 0 Å². The number of aliphatic hydroxyl groups is 1. The number of carboxylic acids is 1. The number of carbonyl (C=O) groups is 3. The maximum atomic E-state index is 11.1. The van der Waals surface area contributed by atoms with Crippen molar-refractivity contribution in [3.63, 3.8) is 0 Å². The summed E-state index contributed by atoms with van der Waals surface area (Å²) in [5.74, 6) is -4.84. The predicted molar refractivity (Wildman–Crippen MR) is 45.8 cm³/mol. The van der Waals surface area contributed by atoms with Crippen LogP contribution >= 0.6 is 0 Å². The molecule has 2 atom stereocenters. The largest absolute Gasteiger partial charge is 0.481 e. The number of methoxy groups -OCH3 is 2. The zero-order chi connectivity index (χ0) is 12.0. The van der Waals surface area contributed by atoms with Gasteiger partial charge in [-0.15, -0.1) is 0 Å². The number of hydrogen-bond acceptors (Lipinski definition) is 6. The molecule has 0 amide bonds. The molecule has 2 unspecified atom stereocenters. The molecule has 0 heterocycles. The second-order valence-electron chi connectivity index (χ2n) is 2.70. The van der Waals surface area contributed by atoms with Crippen molar-refractivity contribution in [2.75, 3.05) is 14.2 Å². The third-order valence-electron chi connectivity index (χ3n) is 1.72. The molecule has 0 aromatic rings. The topological polar surface area (TPSA) is 110 Å². The summed E-state index contributed by atoms with van der Waals surface area (Å²) in [4.78, 5) is 32.3. The van der Waals surface area contributed by atoms with Crippen LogP contribution in [0.15, 0.2) is 0 Å². The van der Waals surface area contributed by atoms with E-state index in [1.165, 1.54) is 0 Å². The van der Waals surface area contributed by atoms with Crippen molar-refractivity contribution in [3.8, 4) is 0 Å². The summed E-state index contributed by atoms with van der Waals surface area (Å²) >= 11 is 0. The molecule has 0 aliphatic rings. The molecule has 15 heavy (non-hydrogen) atoms. The average Bonchev–Trinajstić information content (AvgIpc) is 2.22. The van der Waals surface area contributed by atoms with Crippen LogP contribution in [0.2, 0.25) is 0 Å². The van der Waals surface area contributed by atoms with Gasteiger partial charge >= 0.3 is 17.9 Å². The molecule has 0 saturated carbocycles. The molecule has 0 rings (SSSR count). The van der Waals surface area contributed by atoms with E-state index in [0.29, 0.717) is 0 Å². The summed E-state index contributed by atoms with van der Waals surface area (Å²) in [6.07, 6.45) is -2.54. The van der Waals surface area contributed by atoms with E-state index in [4.69, 9.17) is 5.11 Å². The van der Waals surface area contributed by atoms with Crippen LogP contribution in [0.25, 0.3) is 0 Å². The number of carboxylic acid groups (broad SMARTS) is 1. The number of aliphatic carboxylic acids is 1. The first-order valence-electron chi connectivity index (χ1n) is 3.99. The first-order chi connectivity index (χ1) is 6.93. The van der Waals surface area contributed by atoms with Gasteiger partial charge in [0.15, 0.2) is 6.10 Å². The Labute approximate surface area is 85.6 Å². The molecule has 0 fully saturated rings. The van der Waals surface area contributed by atoms with Gasteiger partial charge in [-0.3, -0.25) is 9.59 Å². The first kappa shape index (κ1) is 13.4. The molecule has 86 valence electrons. The molecule has 0 saturated heterocycles. The predicted octanol–water partition coefficient (Wildman–Crippen LogP) is -1.22. The van der Waals surface area contributed by atoms with Gasteiger partial charge < -0.3 is 19.7 Å². The molecule has 0 aromatic carbocycles. The number of carbonyl (C=O) groups excluding carboxylic acids is 2. The Morgan fingerprint density at radius 2 is 1.60 bits per heavy atom. The molecule has 0 aliphatic heterocycles. The van der Waals surface area contributed by atoms with Gasteiger partial charge in [0.05, 0.1) is 20.6 Å². The third-order valence-corrected chi connectivity index (χ3v) is 1.72. The minimum atomic E-state index is -1.83. The lowest BCUT2D eigenvalue weighted by molar-refractivity contribution is -0.165. The second-order valence-corrected chi connectivity index (χ2v) is 2.70. The highest BCUT2D eigenvalue weighted by Crippen LogP contribution is 2.12. The Hall–Kier alpha value is -1.63. The lowest BCUT2D eigenvalue weighted by atomic mass is 9.99. The van der Waals surface area contributed by atoms with E-state index in [-0.39, 0.29) is 0 Å². The highest BCUT2D eigenvalue weighted by Gasteiger charge is 2.35. The minimum absolute atomic E-state index is 0.705. The fourth-order valence-electron chi connectivity index (χ4n) is 0.948. The van der Waals surface area contributed by atoms with Crippen molar-refractivity contribution in [2.45, 2.75) is 12.5 Å². The summed E-state index contributed by atoms with van der Waals surface area (Å²) in [5.41, 5.74) is 0. The monoisotopic (exact) mass is 220 g/mol. The lowest BCUT2D eigenvalue weighted by Crippen LogP contribution is -2.37. The number of rotatable bonds is 5. The van der Waals surface area contributed by atoms with Gasteiger partial charge in [0.2, 0.25) is 0 Å². The van der Waals surface area contributed by atoms with Crippen LogP contribution in [0.1, 0.15) is 6.42 Å². The van der Waals surface area contributed by atoms with E-state index in [0.717, 1.165) is 14.2 Å². The zero-order valence-electron chi connectivity index (χ0n) is 8.30. The van der Waals surface area contributed by atoms with Gasteiger partial charge in [0.1, 0.15) is 5.92 Å². The molecule has 7 nitrogen and oxygen atoms in total. The summed E-state index contributed by atoms with van der Waals surface area (Å²) in [7, 11) is 2.04. The van der Waals surface area contributed by atoms with E-state index in [9.17, 15) is 19.5 Å². The molecule has 0 aromatic heterocycles. The van der Waals surface area contributed by atoms with E-state index >= 15 is 0 Å². The quantitative estimate of drug-likeness (QED) is 0.559. The van der Waals surface area contributed by atoms with Crippen molar-refractivity contribution in [1.82, 2.24) is 0 Å². The Balaban J connectivity index is 4.68. The maximum absolute atomic E-state index is 11.1. The van der Waals surface area contributed by atoms with Gasteiger partial charge in [-0.1, -0.05) is 0 Å². The summed E-state index contributed by atoms with van der Waals surface area (Å²) in [6.45, 7) is 0. The van der Waals surface area contributed by atoms with Crippen molar-refractivity contribution in [2.24, 2.45) is 5.92 Å². The summed E-state index contributed by atoms with van der Waals surface area (Å²) < 4.78 is 8.44. The maximum Gasteiger partial charge on any atom is 0.335 e. The summed E-state index contributed by atoms with van der Waals surface area (Å²) in [5, 5.41) is 17.7. The minimum Gasteiger partial charge on any atom is -0.481 e. The standard InChI is InChI=1S/C8H12O7/c1-14-7(12)4(3-5(9)10)6(11)8(13)15-2/h4,6,11H,3H2,1-2H3,(H,9,10). The SMILES string of the molecule is COC(=O)C(O)C(CC(=O)O)C(=O)OC. The lowest BCUT2D eigenvalue weighted by Gasteiger charge is -2.16. The molecule has 0 radical (unpaired) electrons. The van der Waals surface area contributed by atoms with Crippen LogP contribution in [-0.2, 0) is 23.9 Å². The average molecular weight is 220 g/mol. The molecular weight excluding hydrogens is 208 g/mol. The zero-order valence-corrected chi connectivity index (χ0v) is 8.30. The Morgan fingerprint density at radius 3 is 1.93 bits per heavy atom. The number of hydrogen-bond donors (Lipinski definition) is 2. The second kappa shape index (κ2) is 5.97. The number of aliphatic hydroxyl groups excluding tert-OH is 1. The van der Waals surface area contributed by atoms with Crippen molar-refractivity contribution in [3.05, 3.63) is 0 Å². The summed E-state index contributed by atoms with van der Waals surface area (Å²) in [6, 6.07) is 0. The normalized spacial score (nSPS) is 13.8. The first-order valence-corrected chi connectivity index (χ1v) is 3.99. The highest BCUT2D eigenvalue weighted by molar-refractivity contribution is 5.86. The third kappa shape index (κ3) is 3.94. The Kier molecular flexibility index (Phi) is 5.32. The highest BCUT2D eigenvalue weighted by atomic mass is 16.5. The fraction of sp³-hybridized carbons (Fsp3) is 0.625. The van der Waals surface area contributed by atoms with Gasteiger partial charge in [0, 0.05) is 0 Å². The number of esters is 2. The molecular formula is C8H12O7. The van der Waals surface area contributed by atoms with Crippen molar-refractivity contribution in [1.29, 1.82) is 0 Å². The van der Waals surface area contributed by atoms with Crippen LogP contribution < -0.4 is 0 Å². The number of ether oxygens (including phenoxy) is 2. The van der Waals surface area contributed by atoms with Crippen molar-refractivity contribution >= 4 is 17.9 Å².